The highest BCUT2D eigenvalue weighted by Gasteiger charge is 2.38. The summed E-state index contributed by atoms with van der Waals surface area (Å²) < 4.78 is 10.6. The molecule has 0 saturated heterocycles. The maximum absolute atomic E-state index is 11.8. The first kappa shape index (κ1) is 13.8. The van der Waals surface area contributed by atoms with Crippen molar-refractivity contribution in [2.45, 2.75) is 32.3 Å². The van der Waals surface area contributed by atoms with Crippen LogP contribution >= 0.6 is 11.6 Å². The molecule has 0 N–H and O–H groups in total. The lowest BCUT2D eigenvalue weighted by Crippen LogP contribution is -2.44. The largest absolute Gasteiger partial charge is 0.476 e. The number of rotatable bonds is 5. The van der Waals surface area contributed by atoms with Gasteiger partial charge in [0.2, 0.25) is 5.60 Å². The fourth-order valence-electron chi connectivity index (χ4n) is 1.64. The zero-order valence-electron chi connectivity index (χ0n) is 10.3. The molecule has 1 rings (SSSR count). The Bertz CT molecular complexity index is 369. The quantitative estimate of drug-likeness (QED) is 0.757. The van der Waals surface area contributed by atoms with Gasteiger partial charge in [-0.2, -0.15) is 0 Å². The molecule has 0 aliphatic rings. The molecule has 0 unspecified atom stereocenters. The van der Waals surface area contributed by atoms with Gasteiger partial charge in [-0.05, 0) is 37.1 Å². The predicted molar refractivity (Wildman–Crippen MR) is 67.4 cm³/mol. The Morgan fingerprint density at radius 3 is 2.18 bits per heavy atom. The molecule has 0 atom stereocenters. The van der Waals surface area contributed by atoms with Gasteiger partial charge in [-0.3, -0.25) is 0 Å². The summed E-state index contributed by atoms with van der Waals surface area (Å²) in [4.78, 5) is 11.8. The number of ether oxygens (including phenoxy) is 2. The molecule has 4 heteroatoms. The average molecular weight is 257 g/mol. The number of carbonyl (C=O) groups excluding carboxylic acids is 1. The molecule has 0 spiro atoms. The molecule has 0 fully saturated rings. The second kappa shape index (κ2) is 5.92. The summed E-state index contributed by atoms with van der Waals surface area (Å²) >= 11 is 5.79. The molecule has 0 amide bonds. The topological polar surface area (TPSA) is 35.5 Å². The summed E-state index contributed by atoms with van der Waals surface area (Å²) in [5.41, 5.74) is -0.914. The van der Waals surface area contributed by atoms with Gasteiger partial charge in [0.25, 0.3) is 0 Å². The van der Waals surface area contributed by atoms with E-state index in [0.717, 1.165) is 0 Å². The second-order valence-electron chi connectivity index (χ2n) is 3.75. The van der Waals surface area contributed by atoms with Crippen LogP contribution in [-0.4, -0.2) is 18.7 Å². The van der Waals surface area contributed by atoms with E-state index in [2.05, 4.69) is 0 Å². The van der Waals surface area contributed by atoms with E-state index in [1.54, 1.807) is 24.3 Å². The van der Waals surface area contributed by atoms with E-state index in [0.29, 0.717) is 23.6 Å². The fourth-order valence-corrected chi connectivity index (χ4v) is 1.76. The average Bonchev–Trinajstić information content (AvgIpc) is 2.37. The van der Waals surface area contributed by atoms with Crippen LogP contribution in [0, 0.1) is 0 Å². The minimum Gasteiger partial charge on any atom is -0.476 e. The lowest BCUT2D eigenvalue weighted by Gasteiger charge is -2.29. The third-order valence-corrected chi connectivity index (χ3v) is 3.08. The predicted octanol–water partition coefficient (Wildman–Crippen LogP) is 3.45. The number of hydrogen-bond acceptors (Lipinski definition) is 3. The van der Waals surface area contributed by atoms with Crippen LogP contribution in [-0.2, 0) is 9.53 Å². The van der Waals surface area contributed by atoms with Crippen molar-refractivity contribution in [1.29, 1.82) is 0 Å². The lowest BCUT2D eigenvalue weighted by molar-refractivity contribution is -0.159. The first-order valence-electron chi connectivity index (χ1n) is 5.61. The molecule has 1 aromatic carbocycles. The highest BCUT2D eigenvalue weighted by Crippen LogP contribution is 2.27. The lowest BCUT2D eigenvalue weighted by atomic mass is 9.97. The number of methoxy groups -OCH3 is 1. The molecule has 94 valence electrons. The van der Waals surface area contributed by atoms with Gasteiger partial charge >= 0.3 is 5.97 Å². The normalized spacial score (nSPS) is 11.1. The summed E-state index contributed by atoms with van der Waals surface area (Å²) in [5.74, 6) is 0.265. The molecule has 0 aromatic heterocycles. The van der Waals surface area contributed by atoms with E-state index in [-0.39, 0.29) is 5.97 Å². The van der Waals surface area contributed by atoms with E-state index < -0.39 is 5.60 Å². The molecule has 0 radical (unpaired) electrons. The van der Waals surface area contributed by atoms with Crippen molar-refractivity contribution in [2.24, 2.45) is 0 Å². The van der Waals surface area contributed by atoms with Crippen molar-refractivity contribution in [2.75, 3.05) is 7.11 Å². The molecule has 0 saturated carbocycles. The highest BCUT2D eigenvalue weighted by atomic mass is 35.5. The zero-order chi connectivity index (χ0) is 12.9. The molecule has 0 aliphatic heterocycles. The fraction of sp³-hybridized carbons (Fsp3) is 0.462. The summed E-state index contributed by atoms with van der Waals surface area (Å²) in [7, 11) is 1.37. The Kier molecular flexibility index (Phi) is 4.82. The van der Waals surface area contributed by atoms with E-state index in [9.17, 15) is 4.79 Å². The van der Waals surface area contributed by atoms with Crippen molar-refractivity contribution in [1.82, 2.24) is 0 Å². The van der Waals surface area contributed by atoms with Crippen molar-refractivity contribution in [3.05, 3.63) is 29.3 Å². The first-order chi connectivity index (χ1) is 8.07. The molecule has 17 heavy (non-hydrogen) atoms. The van der Waals surface area contributed by atoms with Crippen molar-refractivity contribution < 1.29 is 14.3 Å². The molecule has 3 nitrogen and oxygen atoms in total. The maximum atomic E-state index is 11.8. The van der Waals surface area contributed by atoms with Gasteiger partial charge in [-0.25, -0.2) is 4.79 Å². The van der Waals surface area contributed by atoms with E-state index >= 15 is 0 Å². The Labute approximate surface area is 107 Å². The van der Waals surface area contributed by atoms with E-state index in [1.807, 2.05) is 13.8 Å². The molecular formula is C13H17ClO3. The second-order valence-corrected chi connectivity index (χ2v) is 4.19. The first-order valence-corrected chi connectivity index (χ1v) is 5.98. The molecule has 0 heterocycles. The van der Waals surface area contributed by atoms with E-state index in [1.165, 1.54) is 7.11 Å². The summed E-state index contributed by atoms with van der Waals surface area (Å²) in [5, 5.41) is 0.633. The Hall–Kier alpha value is -1.22. The molecular weight excluding hydrogens is 240 g/mol. The minimum atomic E-state index is -0.914. The van der Waals surface area contributed by atoms with Crippen LogP contribution in [0.15, 0.2) is 24.3 Å². The highest BCUT2D eigenvalue weighted by molar-refractivity contribution is 6.30. The molecule has 1 aromatic rings. The van der Waals surface area contributed by atoms with Crippen LogP contribution < -0.4 is 4.74 Å². The zero-order valence-corrected chi connectivity index (χ0v) is 11.1. The van der Waals surface area contributed by atoms with Gasteiger partial charge in [0, 0.05) is 5.02 Å². The standard InChI is InChI=1S/C13H17ClO3/c1-4-13(5-2,12(15)16-3)17-11-8-6-10(14)7-9-11/h6-9H,4-5H2,1-3H3. The van der Waals surface area contributed by atoms with Crippen LogP contribution in [0.3, 0.4) is 0 Å². The van der Waals surface area contributed by atoms with Crippen LogP contribution in [0.1, 0.15) is 26.7 Å². The van der Waals surface area contributed by atoms with Crippen molar-refractivity contribution >= 4 is 17.6 Å². The van der Waals surface area contributed by atoms with Gasteiger partial charge in [0.1, 0.15) is 5.75 Å². The summed E-state index contributed by atoms with van der Waals surface area (Å²) in [6.07, 6.45) is 1.11. The van der Waals surface area contributed by atoms with Crippen LogP contribution in [0.5, 0.6) is 5.75 Å². The third kappa shape index (κ3) is 3.13. The van der Waals surface area contributed by atoms with Gasteiger partial charge in [-0.1, -0.05) is 25.4 Å². The Morgan fingerprint density at radius 2 is 1.76 bits per heavy atom. The Morgan fingerprint density at radius 1 is 1.24 bits per heavy atom. The number of carbonyl (C=O) groups is 1. The number of hydrogen-bond donors (Lipinski definition) is 0. The van der Waals surface area contributed by atoms with Crippen molar-refractivity contribution in [3.8, 4) is 5.75 Å². The van der Waals surface area contributed by atoms with Gasteiger partial charge < -0.3 is 9.47 Å². The van der Waals surface area contributed by atoms with Crippen LogP contribution in [0.2, 0.25) is 5.02 Å². The number of benzene rings is 1. The monoisotopic (exact) mass is 256 g/mol. The Balaban J connectivity index is 2.93. The van der Waals surface area contributed by atoms with Crippen LogP contribution in [0.4, 0.5) is 0 Å². The summed E-state index contributed by atoms with van der Waals surface area (Å²) in [6, 6.07) is 6.94. The van der Waals surface area contributed by atoms with Gasteiger partial charge in [-0.15, -0.1) is 0 Å². The number of esters is 1. The van der Waals surface area contributed by atoms with Gasteiger partial charge in [0.15, 0.2) is 0 Å². The SMILES string of the molecule is CCC(CC)(Oc1ccc(Cl)cc1)C(=O)OC. The van der Waals surface area contributed by atoms with E-state index in [4.69, 9.17) is 21.1 Å². The maximum Gasteiger partial charge on any atom is 0.350 e. The summed E-state index contributed by atoms with van der Waals surface area (Å²) in [6.45, 7) is 3.80. The minimum absolute atomic E-state index is 0.350. The smallest absolute Gasteiger partial charge is 0.350 e. The van der Waals surface area contributed by atoms with Crippen molar-refractivity contribution in [3.63, 3.8) is 0 Å². The third-order valence-electron chi connectivity index (χ3n) is 2.83. The van der Waals surface area contributed by atoms with Gasteiger partial charge in [0.05, 0.1) is 7.11 Å². The molecule has 0 aliphatic carbocycles. The van der Waals surface area contributed by atoms with Crippen LogP contribution in [0.25, 0.3) is 0 Å². The molecule has 0 bridgehead atoms. The number of halogens is 1.